The topological polar surface area (TPSA) is 55.8 Å². The maximum Gasteiger partial charge on any atom is 0.491 e. The lowest BCUT2D eigenvalue weighted by Gasteiger charge is -2.32. The summed E-state index contributed by atoms with van der Waals surface area (Å²) in [4.78, 5) is 11.6. The molecule has 0 spiro atoms. The van der Waals surface area contributed by atoms with Crippen molar-refractivity contribution in [3.8, 4) is 5.75 Å². The van der Waals surface area contributed by atoms with Crippen LogP contribution in [0.4, 0.5) is 0 Å². The summed E-state index contributed by atoms with van der Waals surface area (Å²) in [6.07, 6.45) is 1.90. The van der Waals surface area contributed by atoms with Gasteiger partial charge in [0.2, 0.25) is 0 Å². The minimum absolute atomic E-state index is 0.0274. The molecule has 142 valence electrons. The van der Waals surface area contributed by atoms with E-state index in [0.29, 0.717) is 11.3 Å². The van der Waals surface area contributed by atoms with E-state index in [4.69, 9.17) is 9.31 Å². The minimum atomic E-state index is -0.569. The van der Waals surface area contributed by atoms with Crippen LogP contribution in [-0.2, 0) is 14.1 Å². The lowest BCUT2D eigenvalue weighted by Crippen LogP contribution is -2.41. The Morgan fingerprint density at radius 3 is 2.37 bits per heavy atom. The van der Waals surface area contributed by atoms with Gasteiger partial charge in [0.25, 0.3) is 0 Å². The summed E-state index contributed by atoms with van der Waals surface area (Å²) in [7, 11) is -0.569. The Labute approximate surface area is 165 Å². The molecule has 1 heterocycles. The Hall–Kier alpha value is -1.76. The predicted octanol–water partition coefficient (Wildman–Crippen LogP) is 4.84. The Balaban J connectivity index is 2.07. The van der Waals surface area contributed by atoms with Crippen LogP contribution in [0.15, 0.2) is 41.9 Å². The summed E-state index contributed by atoms with van der Waals surface area (Å²) in [6, 6.07) is 11.5. The average molecular weight is 384 g/mol. The number of benzene rings is 2. The summed E-state index contributed by atoms with van der Waals surface area (Å²) in [6.45, 7) is 9.54. The van der Waals surface area contributed by atoms with Crippen LogP contribution < -0.4 is 0 Å². The van der Waals surface area contributed by atoms with Gasteiger partial charge >= 0.3 is 7.12 Å². The number of thioether (sulfide) groups is 1. The standard InChI is InChI=1S/C21H25BO4S/c1-14(23)27-13-16(22-25-20(2,3)21(4,5)26-22)12-18-17-9-7-6-8-15(17)10-11-19(18)24/h6-12,24H,13H2,1-5H3. The Bertz CT molecular complexity index is 888. The highest BCUT2D eigenvalue weighted by atomic mass is 32.2. The molecule has 0 radical (unpaired) electrons. The van der Waals surface area contributed by atoms with E-state index in [1.165, 1.54) is 11.8 Å². The molecular formula is C21H25BO4S. The second-order valence-electron chi connectivity index (χ2n) is 7.81. The van der Waals surface area contributed by atoms with Gasteiger partial charge in [-0.05, 0) is 50.0 Å². The Kier molecular flexibility index (Phi) is 5.44. The third-order valence-corrected chi connectivity index (χ3v) is 6.16. The highest BCUT2D eigenvalue weighted by molar-refractivity contribution is 8.13. The zero-order valence-electron chi connectivity index (χ0n) is 16.4. The number of hydrogen-bond acceptors (Lipinski definition) is 5. The van der Waals surface area contributed by atoms with Crippen molar-refractivity contribution in [3.05, 3.63) is 47.4 Å². The molecule has 0 amide bonds. The van der Waals surface area contributed by atoms with Gasteiger partial charge in [-0.15, -0.1) is 0 Å². The number of phenolic OH excluding ortho intramolecular Hbond substituents is 1. The summed E-state index contributed by atoms with van der Waals surface area (Å²) in [5.41, 5.74) is 0.583. The highest BCUT2D eigenvalue weighted by Gasteiger charge is 2.52. The van der Waals surface area contributed by atoms with E-state index in [2.05, 4.69) is 0 Å². The van der Waals surface area contributed by atoms with Gasteiger partial charge in [-0.25, -0.2) is 0 Å². The predicted molar refractivity (Wildman–Crippen MR) is 113 cm³/mol. The molecule has 1 saturated heterocycles. The number of rotatable bonds is 4. The van der Waals surface area contributed by atoms with Crippen LogP contribution in [-0.4, -0.2) is 34.3 Å². The van der Waals surface area contributed by atoms with E-state index in [1.54, 1.807) is 13.0 Å². The molecule has 0 aliphatic carbocycles. The number of carbonyl (C=O) groups excluding carboxylic acids is 1. The van der Waals surface area contributed by atoms with Crippen LogP contribution in [0.25, 0.3) is 16.8 Å². The van der Waals surface area contributed by atoms with Gasteiger partial charge in [-0.1, -0.05) is 48.2 Å². The number of aromatic hydroxyl groups is 1. The quantitative estimate of drug-likeness (QED) is 0.765. The maximum absolute atomic E-state index is 11.6. The van der Waals surface area contributed by atoms with Gasteiger partial charge in [-0.3, -0.25) is 4.79 Å². The first-order valence-electron chi connectivity index (χ1n) is 9.01. The summed E-state index contributed by atoms with van der Waals surface area (Å²) < 4.78 is 12.4. The van der Waals surface area contributed by atoms with Crippen LogP contribution in [0.1, 0.15) is 40.2 Å². The lowest BCUT2D eigenvalue weighted by atomic mass is 9.78. The van der Waals surface area contributed by atoms with Crippen LogP contribution in [0.2, 0.25) is 0 Å². The molecule has 2 aromatic carbocycles. The number of hydrogen-bond donors (Lipinski definition) is 1. The Morgan fingerprint density at radius 1 is 1.11 bits per heavy atom. The molecule has 4 nitrogen and oxygen atoms in total. The number of fused-ring (bicyclic) bond motifs is 1. The van der Waals surface area contributed by atoms with Crippen molar-refractivity contribution >= 4 is 40.8 Å². The van der Waals surface area contributed by atoms with Gasteiger partial charge < -0.3 is 14.4 Å². The van der Waals surface area contributed by atoms with Gasteiger partial charge in [0, 0.05) is 18.2 Å². The van der Waals surface area contributed by atoms with Crippen molar-refractivity contribution in [1.29, 1.82) is 0 Å². The van der Waals surface area contributed by atoms with E-state index >= 15 is 0 Å². The van der Waals surface area contributed by atoms with Crippen LogP contribution in [0, 0.1) is 0 Å². The van der Waals surface area contributed by atoms with Crippen LogP contribution >= 0.6 is 11.8 Å². The maximum atomic E-state index is 11.6. The second kappa shape index (κ2) is 7.34. The molecule has 0 saturated carbocycles. The lowest BCUT2D eigenvalue weighted by molar-refractivity contribution is -0.109. The van der Waals surface area contributed by atoms with Crippen molar-refractivity contribution in [2.75, 3.05) is 5.75 Å². The normalized spacial score (nSPS) is 18.9. The first kappa shape index (κ1) is 20.0. The van der Waals surface area contributed by atoms with Crippen molar-refractivity contribution in [2.45, 2.75) is 45.8 Å². The van der Waals surface area contributed by atoms with E-state index in [1.807, 2.05) is 64.1 Å². The van der Waals surface area contributed by atoms with Gasteiger partial charge in [0.15, 0.2) is 5.12 Å². The van der Waals surface area contributed by atoms with Crippen LogP contribution in [0.5, 0.6) is 5.75 Å². The molecule has 2 aromatic rings. The molecule has 0 atom stereocenters. The minimum Gasteiger partial charge on any atom is -0.507 e. The molecule has 0 unspecified atom stereocenters. The smallest absolute Gasteiger partial charge is 0.491 e. The summed E-state index contributed by atoms with van der Waals surface area (Å²) in [5.74, 6) is 0.630. The number of carbonyl (C=O) groups is 1. The summed E-state index contributed by atoms with van der Waals surface area (Å²) >= 11 is 1.21. The van der Waals surface area contributed by atoms with Crippen molar-refractivity contribution in [2.24, 2.45) is 0 Å². The average Bonchev–Trinajstić information content (AvgIpc) is 2.80. The summed E-state index contributed by atoms with van der Waals surface area (Å²) in [5, 5.41) is 12.5. The van der Waals surface area contributed by atoms with E-state index in [9.17, 15) is 9.90 Å². The first-order chi connectivity index (χ1) is 12.6. The van der Waals surface area contributed by atoms with Crippen molar-refractivity contribution in [1.82, 2.24) is 0 Å². The van der Waals surface area contributed by atoms with Crippen molar-refractivity contribution in [3.63, 3.8) is 0 Å². The molecule has 1 fully saturated rings. The van der Waals surface area contributed by atoms with Crippen molar-refractivity contribution < 1.29 is 19.2 Å². The number of phenols is 1. The zero-order chi connectivity index (χ0) is 19.8. The van der Waals surface area contributed by atoms with Crippen LogP contribution in [0.3, 0.4) is 0 Å². The fourth-order valence-electron chi connectivity index (χ4n) is 2.98. The molecule has 1 N–H and O–H groups in total. The molecule has 3 rings (SSSR count). The van der Waals surface area contributed by atoms with Gasteiger partial charge in [0.1, 0.15) is 5.75 Å². The molecule has 1 aliphatic heterocycles. The fourth-order valence-corrected chi connectivity index (χ4v) is 3.57. The molecular weight excluding hydrogens is 359 g/mol. The monoisotopic (exact) mass is 384 g/mol. The molecule has 6 heteroatoms. The van der Waals surface area contributed by atoms with Gasteiger partial charge in [-0.2, -0.15) is 0 Å². The molecule has 0 aromatic heterocycles. The SMILES string of the molecule is CC(=O)SCC(=Cc1c(O)ccc2ccccc12)B1OC(C)(C)C(C)(C)O1. The largest absolute Gasteiger partial charge is 0.507 e. The second-order valence-corrected chi connectivity index (χ2v) is 8.96. The third kappa shape index (κ3) is 4.08. The highest BCUT2D eigenvalue weighted by Crippen LogP contribution is 2.40. The van der Waals surface area contributed by atoms with E-state index < -0.39 is 18.3 Å². The first-order valence-corrected chi connectivity index (χ1v) is 9.99. The van der Waals surface area contributed by atoms with Gasteiger partial charge in [0.05, 0.1) is 11.2 Å². The Morgan fingerprint density at radius 2 is 1.74 bits per heavy atom. The molecule has 1 aliphatic rings. The third-order valence-electron chi connectivity index (χ3n) is 5.28. The molecule has 27 heavy (non-hydrogen) atoms. The van der Waals surface area contributed by atoms with E-state index in [0.717, 1.165) is 16.2 Å². The van der Waals surface area contributed by atoms with E-state index in [-0.39, 0.29) is 10.9 Å². The molecule has 0 bridgehead atoms. The zero-order valence-corrected chi connectivity index (χ0v) is 17.2. The fraction of sp³-hybridized carbons (Fsp3) is 0.381.